The van der Waals surface area contributed by atoms with Gasteiger partial charge in [0.05, 0.1) is 11.0 Å². The van der Waals surface area contributed by atoms with Crippen molar-refractivity contribution in [2.45, 2.75) is 26.4 Å². The molecule has 7 heteroatoms. The molecule has 0 radical (unpaired) electrons. The van der Waals surface area contributed by atoms with E-state index >= 15 is 0 Å². The van der Waals surface area contributed by atoms with E-state index in [-0.39, 0.29) is 5.30 Å². The Balaban J connectivity index is 3.14. The van der Waals surface area contributed by atoms with E-state index in [9.17, 15) is 19.6 Å². The zero-order valence-corrected chi connectivity index (χ0v) is 10.5. The van der Waals surface area contributed by atoms with Gasteiger partial charge in [0.1, 0.15) is 5.30 Å². The first-order chi connectivity index (χ1) is 7.88. The normalized spacial score (nSPS) is 16.2. The summed E-state index contributed by atoms with van der Waals surface area (Å²) in [6.45, 7) is 3.43. The second kappa shape index (κ2) is 5.40. The number of benzene rings is 1. The molecule has 94 valence electrons. The molecule has 0 saturated carbocycles. The number of rotatable bonds is 5. The molecule has 0 fully saturated rings. The van der Waals surface area contributed by atoms with Gasteiger partial charge in [-0.2, -0.15) is 0 Å². The second-order valence-electron chi connectivity index (χ2n) is 3.59. The third-order valence-corrected chi connectivity index (χ3v) is 3.91. The van der Waals surface area contributed by atoms with Crippen molar-refractivity contribution in [3.8, 4) is 0 Å². The fourth-order valence-electron chi connectivity index (χ4n) is 1.23. The van der Waals surface area contributed by atoms with Crippen LogP contribution >= 0.6 is 7.60 Å². The average molecular weight is 259 g/mol. The summed E-state index contributed by atoms with van der Waals surface area (Å²) >= 11 is 0. The third-order valence-electron chi connectivity index (χ3n) is 2.28. The Kier molecular flexibility index (Phi) is 4.40. The molecule has 1 aromatic carbocycles. The summed E-state index contributed by atoms with van der Waals surface area (Å²) in [6.07, 6.45) is 0.108. The Morgan fingerprint density at radius 2 is 2.12 bits per heavy atom. The lowest BCUT2D eigenvalue weighted by Gasteiger charge is -2.16. The van der Waals surface area contributed by atoms with E-state index in [4.69, 9.17) is 4.52 Å². The van der Waals surface area contributed by atoms with Crippen molar-refractivity contribution in [2.75, 3.05) is 0 Å². The number of nitrogens with zero attached hydrogens (tertiary/aromatic N) is 1. The van der Waals surface area contributed by atoms with Crippen molar-refractivity contribution in [1.82, 2.24) is 0 Å². The van der Waals surface area contributed by atoms with Gasteiger partial charge in [-0.25, -0.2) is 0 Å². The highest BCUT2D eigenvalue weighted by Gasteiger charge is 2.32. The van der Waals surface area contributed by atoms with Gasteiger partial charge in [-0.1, -0.05) is 19.1 Å². The van der Waals surface area contributed by atoms with Gasteiger partial charge >= 0.3 is 7.60 Å². The van der Waals surface area contributed by atoms with Crippen molar-refractivity contribution in [3.05, 3.63) is 34.4 Å². The maximum Gasteiger partial charge on any atom is 0.365 e. The highest BCUT2D eigenvalue weighted by molar-refractivity contribution is 7.61. The Morgan fingerprint density at radius 1 is 1.53 bits per heavy atom. The first-order valence-electron chi connectivity index (χ1n) is 5.13. The number of hydrogen-bond donors (Lipinski definition) is 1. The molecule has 0 saturated heterocycles. The van der Waals surface area contributed by atoms with Crippen LogP contribution in [0.4, 0.5) is 5.69 Å². The minimum Gasteiger partial charge on any atom is -0.321 e. The third kappa shape index (κ3) is 3.36. The SMILES string of the molecule is CCC(C)OP(=O)(O)c1ccccc1[N+](=O)[O-]. The lowest BCUT2D eigenvalue weighted by atomic mass is 10.3. The van der Waals surface area contributed by atoms with E-state index < -0.39 is 24.3 Å². The molecule has 1 aromatic rings. The van der Waals surface area contributed by atoms with E-state index in [0.717, 1.165) is 0 Å². The van der Waals surface area contributed by atoms with E-state index in [1.165, 1.54) is 24.3 Å². The summed E-state index contributed by atoms with van der Waals surface area (Å²) in [6, 6.07) is 5.32. The summed E-state index contributed by atoms with van der Waals surface area (Å²) < 4.78 is 16.9. The molecule has 0 heterocycles. The van der Waals surface area contributed by atoms with E-state index in [1.807, 2.05) is 0 Å². The van der Waals surface area contributed by atoms with Crippen LogP contribution in [0.3, 0.4) is 0 Å². The van der Waals surface area contributed by atoms with Gasteiger partial charge in [0.25, 0.3) is 5.69 Å². The van der Waals surface area contributed by atoms with Crippen LogP contribution in [-0.4, -0.2) is 15.9 Å². The van der Waals surface area contributed by atoms with Crippen molar-refractivity contribution in [3.63, 3.8) is 0 Å². The lowest BCUT2D eigenvalue weighted by molar-refractivity contribution is -0.383. The van der Waals surface area contributed by atoms with Crippen LogP contribution in [0.5, 0.6) is 0 Å². The molecule has 0 aromatic heterocycles. The van der Waals surface area contributed by atoms with E-state index in [1.54, 1.807) is 13.8 Å². The molecular formula is C10H14NO5P. The van der Waals surface area contributed by atoms with Crippen LogP contribution < -0.4 is 5.30 Å². The fourth-order valence-corrected chi connectivity index (χ4v) is 2.70. The number of nitro benzene ring substituents is 1. The topological polar surface area (TPSA) is 89.7 Å². The van der Waals surface area contributed by atoms with Gasteiger partial charge in [-0.05, 0) is 19.4 Å². The summed E-state index contributed by atoms with van der Waals surface area (Å²) in [5.41, 5.74) is -0.401. The molecule has 2 unspecified atom stereocenters. The molecule has 0 amide bonds. The molecule has 0 spiro atoms. The number of nitro groups is 1. The van der Waals surface area contributed by atoms with Crippen molar-refractivity contribution in [1.29, 1.82) is 0 Å². The Labute approximate surface area is 98.9 Å². The van der Waals surface area contributed by atoms with Gasteiger partial charge < -0.3 is 9.42 Å². The molecule has 17 heavy (non-hydrogen) atoms. The molecule has 2 atom stereocenters. The maximum atomic E-state index is 11.9. The first kappa shape index (κ1) is 13.8. The predicted molar refractivity (Wildman–Crippen MR) is 63.4 cm³/mol. The smallest absolute Gasteiger partial charge is 0.321 e. The second-order valence-corrected chi connectivity index (χ2v) is 5.32. The van der Waals surface area contributed by atoms with E-state index in [2.05, 4.69) is 0 Å². The summed E-state index contributed by atoms with van der Waals surface area (Å²) in [5, 5.41) is 10.5. The van der Waals surface area contributed by atoms with Crippen molar-refractivity contribution < 1.29 is 18.9 Å². The maximum absolute atomic E-state index is 11.9. The van der Waals surface area contributed by atoms with Crippen LogP contribution in [-0.2, 0) is 9.09 Å². The number of para-hydroxylation sites is 1. The molecule has 6 nitrogen and oxygen atoms in total. The summed E-state index contributed by atoms with van der Waals surface area (Å²) in [5.74, 6) is 0. The minimum absolute atomic E-state index is 0.273. The molecule has 0 aliphatic carbocycles. The highest BCUT2D eigenvalue weighted by Crippen LogP contribution is 2.44. The van der Waals surface area contributed by atoms with Crippen molar-refractivity contribution >= 4 is 18.6 Å². The van der Waals surface area contributed by atoms with Crippen LogP contribution in [0.25, 0.3) is 0 Å². The molecule has 0 aliphatic heterocycles. The summed E-state index contributed by atoms with van der Waals surface area (Å²) in [4.78, 5) is 19.8. The van der Waals surface area contributed by atoms with Gasteiger partial charge in [-0.3, -0.25) is 14.7 Å². The Hall–Kier alpha value is -1.23. The molecule has 1 N–H and O–H groups in total. The quantitative estimate of drug-likeness (QED) is 0.497. The molecular weight excluding hydrogens is 245 g/mol. The molecule has 1 rings (SSSR count). The zero-order valence-electron chi connectivity index (χ0n) is 9.57. The lowest BCUT2D eigenvalue weighted by Crippen LogP contribution is -2.15. The number of hydrogen-bond acceptors (Lipinski definition) is 4. The predicted octanol–water partition coefficient (Wildman–Crippen LogP) is 2.22. The fraction of sp³-hybridized carbons (Fsp3) is 0.400. The van der Waals surface area contributed by atoms with E-state index in [0.29, 0.717) is 6.42 Å². The molecule has 0 aliphatic rings. The Bertz CT molecular complexity index is 462. The highest BCUT2D eigenvalue weighted by atomic mass is 31.2. The molecule has 0 bridgehead atoms. The van der Waals surface area contributed by atoms with Crippen LogP contribution in [0.2, 0.25) is 0 Å². The zero-order chi connectivity index (χ0) is 13.1. The van der Waals surface area contributed by atoms with Crippen LogP contribution in [0.15, 0.2) is 24.3 Å². The first-order valence-corrected chi connectivity index (χ1v) is 6.71. The monoisotopic (exact) mass is 259 g/mol. The van der Waals surface area contributed by atoms with Gasteiger partial charge in [0.2, 0.25) is 0 Å². The van der Waals surface area contributed by atoms with Gasteiger partial charge in [0.15, 0.2) is 0 Å². The largest absolute Gasteiger partial charge is 0.365 e. The van der Waals surface area contributed by atoms with Crippen LogP contribution in [0, 0.1) is 10.1 Å². The average Bonchev–Trinajstić information content (AvgIpc) is 2.28. The van der Waals surface area contributed by atoms with Crippen molar-refractivity contribution in [2.24, 2.45) is 0 Å². The summed E-state index contributed by atoms with van der Waals surface area (Å²) in [7, 11) is -4.15. The van der Waals surface area contributed by atoms with Crippen LogP contribution in [0.1, 0.15) is 20.3 Å². The standard InChI is InChI=1S/C10H14NO5P/c1-3-8(2)16-17(14,15)10-7-5-4-6-9(10)11(12)13/h4-8H,3H2,1-2H3,(H,14,15). The Morgan fingerprint density at radius 3 is 2.65 bits per heavy atom. The minimum atomic E-state index is -4.15. The van der Waals surface area contributed by atoms with Gasteiger partial charge in [-0.15, -0.1) is 0 Å². The van der Waals surface area contributed by atoms with Gasteiger partial charge in [0, 0.05) is 6.07 Å².